The quantitative estimate of drug-likeness (QED) is 0.874. The Morgan fingerprint density at radius 1 is 1.50 bits per heavy atom. The fourth-order valence-corrected chi connectivity index (χ4v) is 1.61. The molecule has 6 nitrogen and oxygen atoms in total. The van der Waals surface area contributed by atoms with E-state index in [9.17, 15) is 9.18 Å². The van der Waals surface area contributed by atoms with Crippen molar-refractivity contribution in [3.63, 3.8) is 0 Å². The van der Waals surface area contributed by atoms with Gasteiger partial charge >= 0.3 is 5.97 Å². The molecule has 106 valence electrons. The van der Waals surface area contributed by atoms with Crippen LogP contribution < -0.4 is 4.74 Å². The SMILES string of the molecule is CCCc1noc(COc2cc(F)ccc2C(=O)O)n1. The Balaban J connectivity index is 2.09. The Morgan fingerprint density at radius 3 is 3.00 bits per heavy atom. The van der Waals surface area contributed by atoms with Gasteiger partial charge in [-0.1, -0.05) is 12.1 Å². The average molecular weight is 280 g/mol. The summed E-state index contributed by atoms with van der Waals surface area (Å²) in [5.41, 5.74) is -0.125. The lowest BCUT2D eigenvalue weighted by atomic mass is 10.2. The molecule has 2 aromatic rings. The molecule has 0 radical (unpaired) electrons. The van der Waals surface area contributed by atoms with Gasteiger partial charge in [-0.2, -0.15) is 4.98 Å². The summed E-state index contributed by atoms with van der Waals surface area (Å²) in [5.74, 6) is -1.08. The van der Waals surface area contributed by atoms with Crippen LogP contribution in [0, 0.1) is 5.82 Å². The molecule has 0 aliphatic heterocycles. The summed E-state index contributed by atoms with van der Waals surface area (Å²) < 4.78 is 23.3. The normalized spacial score (nSPS) is 10.5. The maximum Gasteiger partial charge on any atom is 0.339 e. The molecular formula is C13H13FN2O4. The third-order valence-electron chi connectivity index (χ3n) is 2.51. The summed E-state index contributed by atoms with van der Waals surface area (Å²) in [7, 11) is 0. The van der Waals surface area contributed by atoms with Crippen molar-refractivity contribution in [3.05, 3.63) is 41.3 Å². The molecule has 1 heterocycles. The zero-order valence-electron chi connectivity index (χ0n) is 10.8. The first-order valence-corrected chi connectivity index (χ1v) is 6.07. The van der Waals surface area contributed by atoms with Crippen molar-refractivity contribution < 1.29 is 23.6 Å². The molecule has 0 aliphatic rings. The number of carboxylic acids is 1. The minimum Gasteiger partial charge on any atom is -0.483 e. The van der Waals surface area contributed by atoms with E-state index in [-0.39, 0.29) is 23.8 Å². The molecule has 1 aromatic heterocycles. The topological polar surface area (TPSA) is 85.5 Å². The predicted octanol–water partition coefficient (Wildman–Crippen LogP) is 2.44. The molecule has 0 atom stereocenters. The van der Waals surface area contributed by atoms with Gasteiger partial charge in [-0.15, -0.1) is 0 Å². The number of ether oxygens (including phenoxy) is 1. The Morgan fingerprint density at radius 2 is 2.30 bits per heavy atom. The third-order valence-corrected chi connectivity index (χ3v) is 2.51. The van der Waals surface area contributed by atoms with Gasteiger partial charge in [0.15, 0.2) is 12.4 Å². The number of aromatic nitrogens is 2. The monoisotopic (exact) mass is 280 g/mol. The molecule has 0 saturated carbocycles. The molecular weight excluding hydrogens is 267 g/mol. The van der Waals surface area contributed by atoms with Crippen LogP contribution in [-0.2, 0) is 13.0 Å². The number of rotatable bonds is 6. The first-order chi connectivity index (χ1) is 9.60. The number of carboxylic acid groups (broad SMARTS) is 1. The van der Waals surface area contributed by atoms with Crippen LogP contribution in [0.1, 0.15) is 35.4 Å². The van der Waals surface area contributed by atoms with E-state index < -0.39 is 11.8 Å². The zero-order valence-corrected chi connectivity index (χ0v) is 10.8. The van der Waals surface area contributed by atoms with Gasteiger partial charge in [0, 0.05) is 12.5 Å². The molecule has 0 spiro atoms. The van der Waals surface area contributed by atoms with Crippen LogP contribution in [0.25, 0.3) is 0 Å². The largest absolute Gasteiger partial charge is 0.483 e. The lowest BCUT2D eigenvalue weighted by Crippen LogP contribution is -2.04. The Kier molecular flexibility index (Phi) is 4.29. The standard InChI is InChI=1S/C13H13FN2O4/c1-2-3-11-15-12(20-16-11)7-19-10-6-8(14)4-5-9(10)13(17)18/h4-6H,2-3,7H2,1H3,(H,17,18). The van der Waals surface area contributed by atoms with Crippen molar-refractivity contribution in [1.29, 1.82) is 0 Å². The van der Waals surface area contributed by atoms with E-state index in [2.05, 4.69) is 10.1 Å². The molecule has 0 unspecified atom stereocenters. The van der Waals surface area contributed by atoms with Crippen LogP contribution in [0.15, 0.2) is 22.7 Å². The highest BCUT2D eigenvalue weighted by Gasteiger charge is 2.14. The second-order valence-electron chi connectivity index (χ2n) is 4.09. The highest BCUT2D eigenvalue weighted by molar-refractivity contribution is 5.90. The van der Waals surface area contributed by atoms with Crippen molar-refractivity contribution in [2.45, 2.75) is 26.4 Å². The number of nitrogens with zero attached hydrogens (tertiary/aromatic N) is 2. The molecule has 20 heavy (non-hydrogen) atoms. The summed E-state index contributed by atoms with van der Waals surface area (Å²) in [6, 6.07) is 3.21. The van der Waals surface area contributed by atoms with Gasteiger partial charge in [-0.25, -0.2) is 9.18 Å². The first kappa shape index (κ1) is 14.0. The average Bonchev–Trinajstić information content (AvgIpc) is 2.84. The summed E-state index contributed by atoms with van der Waals surface area (Å²) >= 11 is 0. The second kappa shape index (κ2) is 6.14. The minimum atomic E-state index is -1.20. The zero-order chi connectivity index (χ0) is 14.5. The minimum absolute atomic E-state index is 0.0762. The maximum atomic E-state index is 13.1. The summed E-state index contributed by atoms with van der Waals surface area (Å²) in [4.78, 5) is 15.0. The third kappa shape index (κ3) is 3.31. The summed E-state index contributed by atoms with van der Waals surface area (Å²) in [6.45, 7) is 1.87. The van der Waals surface area contributed by atoms with E-state index in [0.717, 1.165) is 24.6 Å². The van der Waals surface area contributed by atoms with Gasteiger partial charge in [0.25, 0.3) is 5.89 Å². The number of aromatic carboxylic acids is 1. The van der Waals surface area contributed by atoms with E-state index in [4.69, 9.17) is 14.4 Å². The van der Waals surface area contributed by atoms with Crippen LogP contribution in [0.3, 0.4) is 0 Å². The van der Waals surface area contributed by atoms with E-state index in [1.807, 2.05) is 6.92 Å². The first-order valence-electron chi connectivity index (χ1n) is 6.07. The molecule has 0 amide bonds. The van der Waals surface area contributed by atoms with Crippen LogP contribution in [-0.4, -0.2) is 21.2 Å². The predicted molar refractivity (Wildman–Crippen MR) is 66.0 cm³/mol. The lowest BCUT2D eigenvalue weighted by Gasteiger charge is -2.06. The van der Waals surface area contributed by atoms with Gasteiger partial charge in [-0.05, 0) is 18.6 Å². The number of benzene rings is 1. The Bertz CT molecular complexity index is 612. The molecule has 1 N–H and O–H groups in total. The molecule has 0 saturated heterocycles. The van der Waals surface area contributed by atoms with Gasteiger partial charge in [-0.3, -0.25) is 0 Å². The Hall–Kier alpha value is -2.44. The molecule has 7 heteroatoms. The molecule has 0 bridgehead atoms. The lowest BCUT2D eigenvalue weighted by molar-refractivity contribution is 0.0691. The fraction of sp³-hybridized carbons (Fsp3) is 0.308. The number of halogens is 1. The van der Waals surface area contributed by atoms with Crippen molar-refractivity contribution in [3.8, 4) is 5.75 Å². The molecule has 0 fully saturated rings. The van der Waals surface area contributed by atoms with Crippen LogP contribution in [0.5, 0.6) is 5.75 Å². The summed E-state index contributed by atoms with van der Waals surface area (Å²) in [5, 5.41) is 12.7. The van der Waals surface area contributed by atoms with Gasteiger partial charge in [0.2, 0.25) is 0 Å². The highest BCUT2D eigenvalue weighted by Crippen LogP contribution is 2.21. The maximum absolute atomic E-state index is 13.1. The van der Waals surface area contributed by atoms with E-state index in [1.165, 1.54) is 0 Å². The van der Waals surface area contributed by atoms with Gasteiger partial charge in [0.1, 0.15) is 17.1 Å². The number of carbonyl (C=O) groups is 1. The van der Waals surface area contributed by atoms with Gasteiger partial charge < -0.3 is 14.4 Å². The van der Waals surface area contributed by atoms with E-state index in [1.54, 1.807) is 0 Å². The van der Waals surface area contributed by atoms with Crippen molar-refractivity contribution in [1.82, 2.24) is 10.1 Å². The van der Waals surface area contributed by atoms with E-state index in [0.29, 0.717) is 12.2 Å². The van der Waals surface area contributed by atoms with Crippen molar-refractivity contribution >= 4 is 5.97 Å². The number of hydrogen-bond acceptors (Lipinski definition) is 5. The van der Waals surface area contributed by atoms with Crippen LogP contribution in [0.2, 0.25) is 0 Å². The summed E-state index contributed by atoms with van der Waals surface area (Å²) in [6.07, 6.45) is 1.57. The number of hydrogen-bond donors (Lipinski definition) is 1. The van der Waals surface area contributed by atoms with Crippen LogP contribution in [0.4, 0.5) is 4.39 Å². The van der Waals surface area contributed by atoms with Gasteiger partial charge in [0.05, 0.1) is 0 Å². The van der Waals surface area contributed by atoms with E-state index >= 15 is 0 Å². The molecule has 0 aliphatic carbocycles. The second-order valence-corrected chi connectivity index (χ2v) is 4.09. The highest BCUT2D eigenvalue weighted by atomic mass is 19.1. The molecule has 1 aromatic carbocycles. The Labute approximate surface area is 114 Å². The fourth-order valence-electron chi connectivity index (χ4n) is 1.61. The van der Waals surface area contributed by atoms with Crippen LogP contribution >= 0.6 is 0 Å². The smallest absolute Gasteiger partial charge is 0.339 e. The molecule has 2 rings (SSSR count). The van der Waals surface area contributed by atoms with Crippen molar-refractivity contribution in [2.24, 2.45) is 0 Å². The number of aryl methyl sites for hydroxylation is 1. The van der Waals surface area contributed by atoms with Crippen molar-refractivity contribution in [2.75, 3.05) is 0 Å².